The number of nitrogens with zero attached hydrogens (tertiary/aromatic N) is 1. The number of carbonyl (C=O) groups is 2. The molecule has 0 heterocycles. The van der Waals surface area contributed by atoms with Gasteiger partial charge >= 0.3 is 18.1 Å². The Hall–Kier alpha value is -0.700. The minimum Gasteiger partial charge on any atom is -0.480 e. The Labute approximate surface area is 146 Å². The molecule has 0 aromatic carbocycles. The maximum atomic E-state index is 12.9. The van der Waals surface area contributed by atoms with E-state index < -0.39 is 37.5 Å². The fraction of sp³-hybridized carbons (Fsp3) is 0.846. The Balaban J connectivity index is 5.68. The van der Waals surface area contributed by atoms with Gasteiger partial charge in [-0.25, -0.2) is 0 Å². The predicted molar refractivity (Wildman–Crippen MR) is 91.0 cm³/mol. The van der Waals surface area contributed by atoms with Gasteiger partial charge in [0.15, 0.2) is 5.53 Å². The average molecular weight is 391 g/mol. The van der Waals surface area contributed by atoms with Crippen molar-refractivity contribution in [2.45, 2.75) is 51.2 Å². The molecule has 0 saturated carbocycles. The Kier molecular flexibility index (Phi) is 10.7. The number of aliphatic carboxylic acids is 1. The van der Waals surface area contributed by atoms with Gasteiger partial charge in [-0.1, -0.05) is 38.5 Å². The van der Waals surface area contributed by atoms with E-state index >= 15 is 0 Å². The summed E-state index contributed by atoms with van der Waals surface area (Å²) in [6.07, 6.45) is -2.28. The van der Waals surface area contributed by atoms with Gasteiger partial charge in [-0.3, -0.25) is 25.1 Å². The topological polar surface area (TPSA) is 81.7 Å². The molecule has 0 rings (SSSR count). The van der Waals surface area contributed by atoms with E-state index in [0.29, 0.717) is 25.9 Å². The first-order valence-electron chi connectivity index (χ1n) is 7.71. The first kappa shape index (κ1) is 23.3. The number of carbonyl (C=O) groups excluding carboxylic acids is 1. The van der Waals surface area contributed by atoms with Gasteiger partial charge in [0.1, 0.15) is 6.54 Å². The van der Waals surface area contributed by atoms with E-state index in [1.807, 2.05) is 13.8 Å². The highest BCUT2D eigenvalue weighted by atomic mass is 32.4. The number of nitrogens with one attached hydrogen (secondary N) is 2. The molecule has 1 amide bonds. The van der Waals surface area contributed by atoms with Gasteiger partial charge in [-0.15, -0.1) is 0 Å². The number of carboxylic acids is 1. The molecular weight excluding hydrogens is 366 g/mol. The lowest BCUT2D eigenvalue weighted by Gasteiger charge is -2.42. The SMILES string of the molecule is CCCCNC(NCCCC)([PH2]=S)N(CC(=O)O)C(=O)C(F)(F)F. The van der Waals surface area contributed by atoms with Crippen molar-refractivity contribution >= 4 is 31.0 Å². The zero-order chi connectivity index (χ0) is 18.8. The van der Waals surface area contributed by atoms with Crippen LogP contribution in [0.4, 0.5) is 13.2 Å². The maximum absolute atomic E-state index is 12.9. The van der Waals surface area contributed by atoms with Crippen LogP contribution >= 0.6 is 7.36 Å². The van der Waals surface area contributed by atoms with E-state index in [0.717, 1.165) is 12.8 Å². The second-order valence-electron chi connectivity index (χ2n) is 5.23. The van der Waals surface area contributed by atoms with Crippen LogP contribution in [0.3, 0.4) is 0 Å². The van der Waals surface area contributed by atoms with Gasteiger partial charge < -0.3 is 5.11 Å². The monoisotopic (exact) mass is 391 g/mol. The number of rotatable bonds is 12. The van der Waals surface area contributed by atoms with Crippen LogP contribution in [0, 0.1) is 0 Å². The lowest BCUT2D eigenvalue weighted by atomic mass is 10.3. The molecule has 142 valence electrons. The zero-order valence-electron chi connectivity index (χ0n) is 13.8. The van der Waals surface area contributed by atoms with Crippen molar-refractivity contribution in [3.63, 3.8) is 0 Å². The average Bonchev–Trinajstić information content (AvgIpc) is 2.50. The van der Waals surface area contributed by atoms with Gasteiger partial charge in [0.25, 0.3) is 0 Å². The van der Waals surface area contributed by atoms with Gasteiger partial charge in [0.2, 0.25) is 0 Å². The molecule has 0 radical (unpaired) electrons. The van der Waals surface area contributed by atoms with E-state index in [9.17, 15) is 22.8 Å². The molecule has 6 nitrogen and oxygen atoms in total. The van der Waals surface area contributed by atoms with Gasteiger partial charge in [-0.05, 0) is 33.3 Å². The highest BCUT2D eigenvalue weighted by Gasteiger charge is 2.49. The number of alkyl halides is 3. The van der Waals surface area contributed by atoms with E-state index in [4.69, 9.17) is 16.9 Å². The molecule has 1 atom stereocenters. The number of halogens is 3. The van der Waals surface area contributed by atoms with Crippen molar-refractivity contribution in [3.8, 4) is 0 Å². The smallest absolute Gasteiger partial charge is 0.471 e. The predicted octanol–water partition coefficient (Wildman–Crippen LogP) is 1.73. The van der Waals surface area contributed by atoms with Crippen LogP contribution in [-0.2, 0) is 21.4 Å². The van der Waals surface area contributed by atoms with Crippen molar-refractivity contribution < 1.29 is 27.9 Å². The first-order valence-corrected chi connectivity index (χ1v) is 10.2. The molecule has 0 saturated heterocycles. The summed E-state index contributed by atoms with van der Waals surface area (Å²) in [7, 11) is -1.16. The molecule has 0 fully saturated rings. The molecular formula is C13H25F3N3O3PS. The summed E-state index contributed by atoms with van der Waals surface area (Å²) in [5, 5.41) is 14.7. The summed E-state index contributed by atoms with van der Waals surface area (Å²) in [6.45, 7) is 3.37. The fourth-order valence-electron chi connectivity index (χ4n) is 1.96. The molecule has 24 heavy (non-hydrogen) atoms. The minimum absolute atomic E-state index is 0.281. The Morgan fingerprint density at radius 2 is 1.58 bits per heavy atom. The summed E-state index contributed by atoms with van der Waals surface area (Å²) in [6, 6.07) is 0. The number of carboxylic acid groups (broad SMARTS) is 1. The quantitative estimate of drug-likeness (QED) is 0.267. The molecule has 11 heteroatoms. The Morgan fingerprint density at radius 1 is 1.12 bits per heavy atom. The summed E-state index contributed by atoms with van der Waals surface area (Å²) < 4.78 is 38.8. The molecule has 0 aromatic heterocycles. The minimum atomic E-state index is -5.18. The second-order valence-corrected chi connectivity index (χ2v) is 7.01. The lowest BCUT2D eigenvalue weighted by Crippen LogP contribution is -2.68. The van der Waals surface area contributed by atoms with Crippen LogP contribution in [0.2, 0.25) is 0 Å². The Morgan fingerprint density at radius 3 is 1.88 bits per heavy atom. The normalized spacial score (nSPS) is 12.7. The molecule has 0 spiro atoms. The zero-order valence-corrected chi connectivity index (χ0v) is 15.8. The largest absolute Gasteiger partial charge is 0.480 e. The standard InChI is InChI=1S/C13H25F3N3O3PS/c1-3-5-7-17-13(23-24,18-8-6-4-2)19(9-10(20)21)11(22)12(14,15)16/h17-18H,3-9,23H2,1-2H3,(H,20,21). The summed E-state index contributed by atoms with van der Waals surface area (Å²) in [5.41, 5.74) is -1.65. The molecule has 1 unspecified atom stereocenters. The van der Waals surface area contributed by atoms with Crippen LogP contribution < -0.4 is 10.6 Å². The maximum Gasteiger partial charge on any atom is 0.471 e. The Bertz CT molecular complexity index is 428. The van der Waals surface area contributed by atoms with Crippen molar-refractivity contribution in [3.05, 3.63) is 0 Å². The molecule has 3 N–H and O–H groups in total. The number of amides is 1. The third-order valence-corrected chi connectivity index (χ3v) is 5.31. The van der Waals surface area contributed by atoms with Crippen molar-refractivity contribution in [2.75, 3.05) is 19.6 Å². The van der Waals surface area contributed by atoms with Gasteiger partial charge in [-0.2, -0.15) is 13.2 Å². The van der Waals surface area contributed by atoms with Crippen LogP contribution in [0.15, 0.2) is 0 Å². The molecule has 0 aliphatic rings. The van der Waals surface area contributed by atoms with Crippen LogP contribution in [0.25, 0.3) is 0 Å². The van der Waals surface area contributed by atoms with Crippen molar-refractivity contribution in [1.82, 2.24) is 15.5 Å². The molecule has 0 aliphatic carbocycles. The summed E-state index contributed by atoms with van der Waals surface area (Å²) >= 11 is 5.06. The molecule has 0 bridgehead atoms. The van der Waals surface area contributed by atoms with E-state index in [1.54, 1.807) is 0 Å². The third-order valence-electron chi connectivity index (χ3n) is 3.23. The fourth-order valence-corrected chi connectivity index (χ4v) is 3.63. The number of unbranched alkanes of at least 4 members (excludes halogenated alkanes) is 2. The summed E-state index contributed by atoms with van der Waals surface area (Å²) in [5.74, 6) is -3.75. The van der Waals surface area contributed by atoms with Crippen LogP contribution in [-0.4, -0.2) is 53.2 Å². The number of hydrogen-bond acceptors (Lipinski definition) is 5. The highest BCUT2D eigenvalue weighted by molar-refractivity contribution is 7.97. The highest BCUT2D eigenvalue weighted by Crippen LogP contribution is 2.28. The molecule has 0 aliphatic heterocycles. The number of hydrogen-bond donors (Lipinski definition) is 3. The van der Waals surface area contributed by atoms with Gasteiger partial charge in [0, 0.05) is 0 Å². The van der Waals surface area contributed by atoms with Crippen LogP contribution in [0.1, 0.15) is 39.5 Å². The van der Waals surface area contributed by atoms with Gasteiger partial charge in [0.05, 0.1) is 0 Å². The van der Waals surface area contributed by atoms with Crippen molar-refractivity contribution in [2.24, 2.45) is 0 Å². The lowest BCUT2D eigenvalue weighted by molar-refractivity contribution is -0.192. The summed E-state index contributed by atoms with van der Waals surface area (Å²) in [4.78, 5) is 23.1. The van der Waals surface area contributed by atoms with Crippen LogP contribution in [0.5, 0.6) is 0 Å². The third kappa shape index (κ3) is 7.46. The van der Waals surface area contributed by atoms with E-state index in [1.165, 1.54) is 0 Å². The van der Waals surface area contributed by atoms with Crippen molar-refractivity contribution in [1.29, 1.82) is 0 Å². The van der Waals surface area contributed by atoms with E-state index in [-0.39, 0.29) is 4.90 Å². The first-order chi connectivity index (χ1) is 11.1. The molecule has 0 aromatic rings. The second kappa shape index (κ2) is 11.0. The van der Waals surface area contributed by atoms with E-state index in [2.05, 4.69) is 10.6 Å².